The number of benzene rings is 1. The van der Waals surface area contributed by atoms with Crippen molar-refractivity contribution < 1.29 is 26.5 Å². The highest BCUT2D eigenvalue weighted by molar-refractivity contribution is 7.89. The molecule has 174 valence electrons. The van der Waals surface area contributed by atoms with Crippen molar-refractivity contribution in [2.24, 2.45) is 5.92 Å². The average Bonchev–Trinajstić information content (AvgIpc) is 3.44. The third kappa shape index (κ3) is 4.91. The van der Waals surface area contributed by atoms with Crippen LogP contribution >= 0.6 is 0 Å². The molecule has 10 heteroatoms. The molecule has 8 nitrogen and oxygen atoms in total. The molecule has 3 aromatic rings. The van der Waals surface area contributed by atoms with Gasteiger partial charge in [0.15, 0.2) is 10.7 Å². The fourth-order valence-electron chi connectivity index (χ4n) is 3.75. The minimum atomic E-state index is -3.88. The fourth-order valence-corrected chi connectivity index (χ4v) is 5.46. The first-order valence-corrected chi connectivity index (χ1v) is 11.9. The van der Waals surface area contributed by atoms with Crippen molar-refractivity contribution in [3.8, 4) is 0 Å². The molecule has 1 saturated heterocycles. The molecule has 2 aromatic heterocycles. The van der Waals surface area contributed by atoms with E-state index in [4.69, 9.17) is 8.94 Å². The summed E-state index contributed by atoms with van der Waals surface area (Å²) in [6.45, 7) is 3.57. The Hall–Kier alpha value is -3.24. The highest BCUT2D eigenvalue weighted by atomic mass is 32.2. The number of amides is 1. The standard InChI is InChI=1S/C23H24FN3O5S/c1-15-5-6-18(14-20(15)24)25-23(28)17-9-11-27(12-10-17)33(29,30)22-16(2)26-32-21(22)8-7-19-4-3-13-31-19/h3-8,13-14,17H,9-12H2,1-2H3,(H,25,28). The number of aromatic nitrogens is 1. The van der Waals surface area contributed by atoms with Crippen LogP contribution in [0.1, 0.15) is 35.6 Å². The molecule has 0 spiro atoms. The molecule has 0 atom stereocenters. The fraction of sp³-hybridized carbons (Fsp3) is 0.304. The van der Waals surface area contributed by atoms with Crippen LogP contribution in [-0.4, -0.2) is 36.9 Å². The van der Waals surface area contributed by atoms with Gasteiger partial charge in [-0.05, 0) is 68.7 Å². The van der Waals surface area contributed by atoms with E-state index < -0.39 is 15.8 Å². The van der Waals surface area contributed by atoms with Crippen molar-refractivity contribution in [1.82, 2.24) is 9.46 Å². The number of aryl methyl sites for hydroxylation is 2. The lowest BCUT2D eigenvalue weighted by Gasteiger charge is -2.30. The van der Waals surface area contributed by atoms with Gasteiger partial charge < -0.3 is 14.3 Å². The van der Waals surface area contributed by atoms with Gasteiger partial charge in [0, 0.05) is 24.7 Å². The van der Waals surface area contributed by atoms with Crippen molar-refractivity contribution in [2.75, 3.05) is 18.4 Å². The van der Waals surface area contributed by atoms with Crippen LogP contribution in [0.15, 0.2) is 50.4 Å². The molecular formula is C23H24FN3O5S. The second kappa shape index (κ2) is 9.32. The Bertz CT molecular complexity index is 1270. The Morgan fingerprint density at radius 2 is 1.97 bits per heavy atom. The molecule has 4 rings (SSSR count). The maximum atomic E-state index is 13.7. The number of sulfonamides is 1. The maximum absolute atomic E-state index is 13.7. The number of carbonyl (C=O) groups is 1. The maximum Gasteiger partial charge on any atom is 0.248 e. The van der Waals surface area contributed by atoms with Crippen molar-refractivity contribution in [3.63, 3.8) is 0 Å². The van der Waals surface area contributed by atoms with Crippen LogP contribution in [0, 0.1) is 25.6 Å². The van der Waals surface area contributed by atoms with Crippen LogP contribution in [0.3, 0.4) is 0 Å². The number of nitrogens with one attached hydrogen (secondary N) is 1. The number of carbonyl (C=O) groups excluding carboxylic acids is 1. The molecule has 0 saturated carbocycles. The van der Waals surface area contributed by atoms with E-state index in [1.54, 1.807) is 44.2 Å². The molecule has 0 radical (unpaired) electrons. The molecule has 3 heterocycles. The summed E-state index contributed by atoms with van der Waals surface area (Å²) >= 11 is 0. The monoisotopic (exact) mass is 473 g/mol. The van der Waals surface area contributed by atoms with E-state index in [-0.39, 0.29) is 41.3 Å². The zero-order valence-corrected chi connectivity index (χ0v) is 19.1. The molecule has 1 aliphatic heterocycles. The Balaban J connectivity index is 1.43. The summed E-state index contributed by atoms with van der Waals surface area (Å²) < 4.78 is 52.2. The van der Waals surface area contributed by atoms with Crippen LogP contribution < -0.4 is 5.32 Å². The van der Waals surface area contributed by atoms with E-state index in [9.17, 15) is 17.6 Å². The average molecular weight is 474 g/mol. The zero-order valence-electron chi connectivity index (χ0n) is 18.2. The van der Waals surface area contributed by atoms with Gasteiger partial charge >= 0.3 is 0 Å². The number of nitrogens with zero attached hydrogens (tertiary/aromatic N) is 2. The minimum Gasteiger partial charge on any atom is -0.465 e. The van der Waals surface area contributed by atoms with Crippen molar-refractivity contribution >= 4 is 33.8 Å². The van der Waals surface area contributed by atoms with E-state index in [1.807, 2.05) is 0 Å². The first kappa shape index (κ1) is 22.9. The normalized spacial score (nSPS) is 15.8. The lowest BCUT2D eigenvalue weighted by molar-refractivity contribution is -0.120. The quantitative estimate of drug-likeness (QED) is 0.574. The summed E-state index contributed by atoms with van der Waals surface area (Å²) in [5.74, 6) is -0.353. The van der Waals surface area contributed by atoms with Crippen molar-refractivity contribution in [1.29, 1.82) is 0 Å². The Morgan fingerprint density at radius 3 is 2.64 bits per heavy atom. The molecule has 1 aromatic carbocycles. The summed E-state index contributed by atoms with van der Waals surface area (Å²) in [7, 11) is -3.88. The van der Waals surface area contributed by atoms with Gasteiger partial charge in [-0.1, -0.05) is 11.2 Å². The van der Waals surface area contributed by atoms with E-state index >= 15 is 0 Å². The van der Waals surface area contributed by atoms with Crippen LogP contribution in [-0.2, 0) is 14.8 Å². The van der Waals surface area contributed by atoms with Crippen molar-refractivity contribution in [3.05, 3.63) is 65.2 Å². The molecule has 33 heavy (non-hydrogen) atoms. The van der Waals surface area contributed by atoms with E-state index in [2.05, 4.69) is 10.5 Å². The molecule has 0 aliphatic carbocycles. The van der Waals surface area contributed by atoms with Crippen LogP contribution in [0.5, 0.6) is 0 Å². The third-order valence-corrected chi connectivity index (χ3v) is 7.69. The Morgan fingerprint density at radius 1 is 1.21 bits per heavy atom. The number of rotatable bonds is 6. The highest BCUT2D eigenvalue weighted by Crippen LogP contribution is 2.29. The topological polar surface area (TPSA) is 106 Å². The van der Waals surface area contributed by atoms with E-state index in [0.29, 0.717) is 29.9 Å². The summed E-state index contributed by atoms with van der Waals surface area (Å²) in [6, 6.07) is 7.97. The lowest BCUT2D eigenvalue weighted by atomic mass is 9.97. The molecule has 0 unspecified atom stereocenters. The Kier molecular flexibility index (Phi) is 6.48. The van der Waals surface area contributed by atoms with Gasteiger partial charge in [-0.3, -0.25) is 4.79 Å². The molecule has 1 N–H and O–H groups in total. The summed E-state index contributed by atoms with van der Waals surface area (Å²) in [4.78, 5) is 12.6. The smallest absolute Gasteiger partial charge is 0.248 e. The van der Waals surface area contributed by atoms with Crippen molar-refractivity contribution in [2.45, 2.75) is 31.6 Å². The molecule has 1 aliphatic rings. The van der Waals surface area contributed by atoms with Gasteiger partial charge in [-0.25, -0.2) is 12.8 Å². The molecule has 1 amide bonds. The first-order chi connectivity index (χ1) is 15.8. The minimum absolute atomic E-state index is 0.00309. The second-order valence-electron chi connectivity index (χ2n) is 7.94. The zero-order chi connectivity index (χ0) is 23.6. The van der Waals surface area contributed by atoms with Crippen LogP contribution in [0.25, 0.3) is 12.2 Å². The number of piperidine rings is 1. The van der Waals surface area contributed by atoms with Gasteiger partial charge in [0.25, 0.3) is 0 Å². The number of halogens is 1. The van der Waals surface area contributed by atoms with Gasteiger partial charge in [0.1, 0.15) is 17.3 Å². The number of anilines is 1. The molecule has 1 fully saturated rings. The van der Waals surface area contributed by atoms with Crippen LogP contribution in [0.4, 0.5) is 10.1 Å². The first-order valence-electron chi connectivity index (χ1n) is 10.5. The third-order valence-electron chi connectivity index (χ3n) is 5.64. The largest absolute Gasteiger partial charge is 0.465 e. The Labute approximate surface area is 191 Å². The second-order valence-corrected chi connectivity index (χ2v) is 9.82. The molecular weight excluding hydrogens is 449 g/mol. The highest BCUT2D eigenvalue weighted by Gasteiger charge is 2.36. The van der Waals surface area contributed by atoms with E-state index in [1.165, 1.54) is 22.7 Å². The summed E-state index contributed by atoms with van der Waals surface area (Å²) in [6.07, 6.45) is 5.32. The van der Waals surface area contributed by atoms with Gasteiger partial charge in [-0.2, -0.15) is 4.31 Å². The SMILES string of the molecule is Cc1ccc(NC(=O)C2CCN(S(=O)(=O)c3c(C)noc3C=Cc3ccco3)CC2)cc1F. The predicted molar refractivity (Wildman–Crippen MR) is 120 cm³/mol. The van der Waals surface area contributed by atoms with Crippen LogP contribution in [0.2, 0.25) is 0 Å². The van der Waals surface area contributed by atoms with Gasteiger partial charge in [-0.15, -0.1) is 0 Å². The number of hydrogen-bond acceptors (Lipinski definition) is 6. The van der Waals surface area contributed by atoms with Gasteiger partial charge in [0.2, 0.25) is 15.9 Å². The predicted octanol–water partition coefficient (Wildman–Crippen LogP) is 4.23. The lowest BCUT2D eigenvalue weighted by Crippen LogP contribution is -2.41. The number of hydrogen-bond donors (Lipinski definition) is 1. The van der Waals surface area contributed by atoms with E-state index in [0.717, 1.165) is 0 Å². The number of furan rings is 1. The molecule has 0 bridgehead atoms. The summed E-state index contributed by atoms with van der Waals surface area (Å²) in [5.41, 5.74) is 1.13. The van der Waals surface area contributed by atoms with Gasteiger partial charge in [0.05, 0.1) is 6.26 Å². The summed E-state index contributed by atoms with van der Waals surface area (Å²) in [5, 5.41) is 6.54.